The molecule has 120 valence electrons. The number of nitrogens with one attached hydrogen (secondary N) is 1. The Morgan fingerprint density at radius 2 is 1.25 bits per heavy atom. The van der Waals surface area contributed by atoms with E-state index in [2.05, 4.69) is 15.5 Å². The lowest BCUT2D eigenvalue weighted by atomic mass is 10.2. The van der Waals surface area contributed by atoms with Gasteiger partial charge in [-0.1, -0.05) is 23.8 Å². The van der Waals surface area contributed by atoms with Gasteiger partial charge in [0.2, 0.25) is 0 Å². The molecule has 0 bridgehead atoms. The summed E-state index contributed by atoms with van der Waals surface area (Å²) in [6.07, 6.45) is 0. The van der Waals surface area contributed by atoms with E-state index in [-0.39, 0.29) is 5.82 Å². The van der Waals surface area contributed by atoms with Gasteiger partial charge in [0.25, 0.3) is 0 Å². The van der Waals surface area contributed by atoms with Crippen molar-refractivity contribution in [3.8, 4) is 0 Å². The maximum atomic E-state index is 13.6. The predicted octanol–water partition coefficient (Wildman–Crippen LogP) is 6.60. The van der Waals surface area contributed by atoms with Gasteiger partial charge in [-0.25, -0.2) is 4.39 Å². The molecule has 0 unspecified atom stereocenters. The number of halogens is 1. The first kappa shape index (κ1) is 15.9. The monoisotopic (exact) mass is 319 g/mol. The van der Waals surface area contributed by atoms with Crippen molar-refractivity contribution in [1.29, 1.82) is 0 Å². The molecule has 0 radical (unpaired) electrons. The lowest BCUT2D eigenvalue weighted by molar-refractivity contribution is 0.619. The summed E-state index contributed by atoms with van der Waals surface area (Å²) in [5, 5.41) is 11.6. The first-order valence-electron chi connectivity index (χ1n) is 7.72. The molecular weight excluding hydrogens is 301 g/mol. The van der Waals surface area contributed by atoms with Gasteiger partial charge in [0, 0.05) is 11.4 Å². The fourth-order valence-corrected chi connectivity index (χ4v) is 2.18. The lowest BCUT2D eigenvalue weighted by Gasteiger charge is -2.07. The molecule has 0 saturated heterocycles. The van der Waals surface area contributed by atoms with Crippen LogP contribution in [0.5, 0.6) is 0 Å². The van der Waals surface area contributed by atoms with Gasteiger partial charge >= 0.3 is 0 Å². The van der Waals surface area contributed by atoms with Crippen LogP contribution in [0.25, 0.3) is 0 Å². The molecule has 0 saturated carbocycles. The quantitative estimate of drug-likeness (QED) is 0.540. The fraction of sp³-hybridized carbons (Fsp3) is 0.100. The van der Waals surface area contributed by atoms with Gasteiger partial charge in [-0.2, -0.15) is 10.2 Å². The Hall–Kier alpha value is -3.01. The largest absolute Gasteiger partial charge is 0.355 e. The molecule has 3 aromatic rings. The molecule has 24 heavy (non-hydrogen) atoms. The average Bonchev–Trinajstić information content (AvgIpc) is 2.59. The molecule has 0 aliphatic heterocycles. The standard InChI is InChI=1S/C20H18FN3/c1-14-3-6-17(7-4-14)23-24-18-11-9-16(10-12-18)22-19-8-5-15(2)20(21)13-19/h3-13,22H,1-2H3. The summed E-state index contributed by atoms with van der Waals surface area (Å²) in [6, 6.07) is 20.5. The molecule has 0 heterocycles. The number of hydrogen-bond donors (Lipinski definition) is 1. The van der Waals surface area contributed by atoms with Gasteiger partial charge in [-0.3, -0.25) is 0 Å². The van der Waals surface area contributed by atoms with Gasteiger partial charge in [-0.05, 0) is 67.9 Å². The van der Waals surface area contributed by atoms with Gasteiger partial charge < -0.3 is 5.32 Å². The zero-order valence-electron chi connectivity index (χ0n) is 13.6. The molecule has 1 N–H and O–H groups in total. The highest BCUT2D eigenvalue weighted by molar-refractivity contribution is 5.62. The average molecular weight is 319 g/mol. The molecule has 3 rings (SSSR count). The number of benzene rings is 3. The normalized spacial score (nSPS) is 11.0. The summed E-state index contributed by atoms with van der Waals surface area (Å²) in [4.78, 5) is 0. The highest BCUT2D eigenvalue weighted by atomic mass is 19.1. The van der Waals surface area contributed by atoms with Crippen LogP contribution in [0.1, 0.15) is 11.1 Å². The number of azo groups is 1. The summed E-state index contributed by atoms with van der Waals surface area (Å²) in [5.41, 5.74) is 4.98. The second-order valence-electron chi connectivity index (χ2n) is 5.67. The van der Waals surface area contributed by atoms with Crippen molar-refractivity contribution in [3.05, 3.63) is 83.7 Å². The smallest absolute Gasteiger partial charge is 0.128 e. The van der Waals surface area contributed by atoms with Crippen molar-refractivity contribution >= 4 is 22.7 Å². The van der Waals surface area contributed by atoms with E-state index in [1.165, 1.54) is 11.6 Å². The minimum absolute atomic E-state index is 0.219. The number of aryl methyl sites for hydroxylation is 2. The zero-order chi connectivity index (χ0) is 16.9. The molecule has 0 aromatic heterocycles. The molecule has 0 spiro atoms. The van der Waals surface area contributed by atoms with Crippen LogP contribution in [0, 0.1) is 19.7 Å². The van der Waals surface area contributed by atoms with Crippen molar-refractivity contribution < 1.29 is 4.39 Å². The second kappa shape index (κ2) is 7.04. The van der Waals surface area contributed by atoms with Crippen molar-refractivity contribution in [3.63, 3.8) is 0 Å². The van der Waals surface area contributed by atoms with E-state index in [4.69, 9.17) is 0 Å². The van der Waals surface area contributed by atoms with Crippen LogP contribution >= 0.6 is 0 Å². The zero-order valence-corrected chi connectivity index (χ0v) is 13.6. The number of rotatable bonds is 4. The van der Waals surface area contributed by atoms with Crippen LogP contribution in [0.3, 0.4) is 0 Å². The molecule has 0 aliphatic rings. The Labute approximate surface area is 140 Å². The fourth-order valence-electron chi connectivity index (χ4n) is 2.18. The van der Waals surface area contributed by atoms with Crippen LogP contribution in [0.4, 0.5) is 27.1 Å². The summed E-state index contributed by atoms with van der Waals surface area (Å²) < 4.78 is 13.6. The first-order chi connectivity index (χ1) is 11.6. The van der Waals surface area contributed by atoms with Gasteiger partial charge in [0.1, 0.15) is 5.82 Å². The van der Waals surface area contributed by atoms with E-state index in [0.29, 0.717) is 11.3 Å². The van der Waals surface area contributed by atoms with Crippen molar-refractivity contribution in [2.45, 2.75) is 13.8 Å². The van der Waals surface area contributed by atoms with Crippen LogP contribution < -0.4 is 5.32 Å². The van der Waals surface area contributed by atoms with E-state index in [9.17, 15) is 4.39 Å². The van der Waals surface area contributed by atoms with Crippen LogP contribution in [-0.2, 0) is 0 Å². The Morgan fingerprint density at radius 1 is 0.708 bits per heavy atom. The minimum atomic E-state index is -0.219. The highest BCUT2D eigenvalue weighted by Crippen LogP contribution is 2.23. The number of anilines is 2. The van der Waals surface area contributed by atoms with E-state index in [1.54, 1.807) is 13.0 Å². The van der Waals surface area contributed by atoms with Crippen molar-refractivity contribution in [2.24, 2.45) is 10.2 Å². The number of hydrogen-bond acceptors (Lipinski definition) is 3. The molecule has 0 amide bonds. The Kier molecular flexibility index (Phi) is 4.66. The highest BCUT2D eigenvalue weighted by Gasteiger charge is 2.00. The summed E-state index contributed by atoms with van der Waals surface area (Å²) in [6.45, 7) is 3.78. The van der Waals surface area contributed by atoms with Gasteiger partial charge in [0.05, 0.1) is 11.4 Å². The van der Waals surface area contributed by atoms with Crippen LogP contribution in [-0.4, -0.2) is 0 Å². The maximum Gasteiger partial charge on any atom is 0.128 e. The SMILES string of the molecule is Cc1ccc(N=Nc2ccc(Nc3ccc(C)c(F)c3)cc2)cc1. The summed E-state index contributed by atoms with van der Waals surface area (Å²) in [5.74, 6) is -0.219. The minimum Gasteiger partial charge on any atom is -0.355 e. The molecule has 0 aliphatic carbocycles. The Balaban J connectivity index is 1.68. The van der Waals surface area contributed by atoms with E-state index >= 15 is 0 Å². The Bertz CT molecular complexity index is 853. The summed E-state index contributed by atoms with van der Waals surface area (Å²) in [7, 11) is 0. The third-order valence-electron chi connectivity index (χ3n) is 3.64. The molecular formula is C20H18FN3. The molecule has 3 nitrogen and oxygen atoms in total. The van der Waals surface area contributed by atoms with Crippen LogP contribution in [0.15, 0.2) is 77.0 Å². The van der Waals surface area contributed by atoms with Gasteiger partial charge in [0.15, 0.2) is 0 Å². The van der Waals surface area contributed by atoms with Gasteiger partial charge in [-0.15, -0.1) is 0 Å². The molecule has 4 heteroatoms. The topological polar surface area (TPSA) is 36.8 Å². The molecule has 0 fully saturated rings. The molecule has 0 atom stereocenters. The van der Waals surface area contributed by atoms with Crippen molar-refractivity contribution in [2.75, 3.05) is 5.32 Å². The van der Waals surface area contributed by atoms with E-state index in [1.807, 2.05) is 61.5 Å². The second-order valence-corrected chi connectivity index (χ2v) is 5.67. The third kappa shape index (κ3) is 4.04. The van der Waals surface area contributed by atoms with Crippen LogP contribution in [0.2, 0.25) is 0 Å². The third-order valence-corrected chi connectivity index (χ3v) is 3.64. The lowest BCUT2D eigenvalue weighted by Crippen LogP contribution is -1.91. The van der Waals surface area contributed by atoms with E-state index < -0.39 is 0 Å². The molecule has 3 aromatic carbocycles. The van der Waals surface area contributed by atoms with E-state index in [0.717, 1.165) is 17.1 Å². The number of nitrogens with zero attached hydrogens (tertiary/aromatic N) is 2. The Morgan fingerprint density at radius 3 is 1.83 bits per heavy atom. The summed E-state index contributed by atoms with van der Waals surface area (Å²) >= 11 is 0. The maximum absolute atomic E-state index is 13.6. The van der Waals surface area contributed by atoms with Crippen molar-refractivity contribution in [1.82, 2.24) is 0 Å². The first-order valence-corrected chi connectivity index (χ1v) is 7.72. The predicted molar refractivity (Wildman–Crippen MR) is 96.2 cm³/mol.